The Morgan fingerprint density at radius 2 is 1.00 bits per heavy atom. The molecule has 4 N–H and O–H groups in total. The lowest BCUT2D eigenvalue weighted by Gasteiger charge is -2.19. The van der Waals surface area contributed by atoms with Gasteiger partial charge in [-0.15, -0.1) is 0 Å². The molecule has 0 radical (unpaired) electrons. The minimum absolute atomic E-state index is 0.231. The van der Waals surface area contributed by atoms with E-state index in [0.29, 0.717) is 0 Å². The van der Waals surface area contributed by atoms with Crippen molar-refractivity contribution in [2.45, 2.75) is 24.9 Å². The van der Waals surface area contributed by atoms with Crippen molar-refractivity contribution in [3.8, 4) is 0 Å². The highest BCUT2D eigenvalue weighted by Crippen LogP contribution is 2.10. The van der Waals surface area contributed by atoms with Crippen LogP contribution in [0, 0.1) is 0 Å². The predicted molar refractivity (Wildman–Crippen MR) is 86.8 cm³/mol. The van der Waals surface area contributed by atoms with Gasteiger partial charge in [-0.3, -0.25) is 9.98 Å². The normalized spacial score (nSPS) is 13.4. The molecule has 0 saturated carbocycles. The Morgan fingerprint density at radius 1 is 0.727 bits per heavy atom. The van der Waals surface area contributed by atoms with Gasteiger partial charge in [0.1, 0.15) is 11.1 Å². The van der Waals surface area contributed by atoms with E-state index in [1.165, 1.54) is 0 Å². The Labute approximate surface area is 130 Å². The summed E-state index contributed by atoms with van der Waals surface area (Å²) < 4.78 is 0. The maximum Gasteiger partial charge on any atom is 0.104 e. The zero-order valence-electron chi connectivity index (χ0n) is 13.0. The fraction of sp³-hybridized carbons (Fsp3) is 0.500. The number of nitrogens with zero attached hydrogens (tertiary/aromatic N) is 2. The van der Waals surface area contributed by atoms with Crippen LogP contribution in [-0.2, 0) is 0 Å². The van der Waals surface area contributed by atoms with Crippen LogP contribution in [0.1, 0.15) is 25.0 Å². The van der Waals surface area contributed by atoms with Crippen molar-refractivity contribution >= 4 is 12.4 Å². The van der Waals surface area contributed by atoms with Crippen molar-refractivity contribution in [1.82, 2.24) is 0 Å². The van der Waals surface area contributed by atoms with E-state index < -0.39 is 11.1 Å². The second kappa shape index (κ2) is 8.14. The van der Waals surface area contributed by atoms with Gasteiger partial charge in [-0.25, -0.2) is 0 Å². The average Bonchev–Trinajstić information content (AvgIpc) is 2.58. The summed E-state index contributed by atoms with van der Waals surface area (Å²) in [5.41, 5.74) is -0.108. The standard InChI is InChI=1S/C16H24N2O4/c1-15(9-19,10-20)17-7-13-3-5-14(6-4-13)8-18-16(2,11-21)12-22/h3-8,19-22H,9-12H2,1-2H3. The summed E-state index contributed by atoms with van der Waals surface area (Å²) in [4.78, 5) is 8.36. The Kier molecular flexibility index (Phi) is 6.83. The van der Waals surface area contributed by atoms with Gasteiger partial charge in [0, 0.05) is 12.4 Å². The fourth-order valence-corrected chi connectivity index (χ4v) is 1.39. The lowest BCUT2D eigenvalue weighted by molar-refractivity contribution is 0.136. The van der Waals surface area contributed by atoms with Crippen LogP contribution in [-0.4, -0.2) is 70.4 Å². The largest absolute Gasteiger partial charge is 0.394 e. The van der Waals surface area contributed by atoms with Gasteiger partial charge in [0.05, 0.1) is 26.4 Å². The van der Waals surface area contributed by atoms with Gasteiger partial charge in [0.25, 0.3) is 0 Å². The van der Waals surface area contributed by atoms with Crippen LogP contribution in [0.4, 0.5) is 0 Å². The third-order valence-electron chi connectivity index (χ3n) is 3.35. The Morgan fingerprint density at radius 3 is 1.23 bits per heavy atom. The lowest BCUT2D eigenvalue weighted by atomic mass is 10.1. The first kappa shape index (κ1) is 18.4. The van der Waals surface area contributed by atoms with Crippen LogP contribution in [0.5, 0.6) is 0 Å². The van der Waals surface area contributed by atoms with Gasteiger partial charge in [-0.2, -0.15) is 0 Å². The molecule has 6 heteroatoms. The molecule has 0 aliphatic rings. The fourth-order valence-electron chi connectivity index (χ4n) is 1.39. The summed E-state index contributed by atoms with van der Waals surface area (Å²) in [7, 11) is 0. The molecule has 0 aliphatic carbocycles. The van der Waals surface area contributed by atoms with Crippen molar-refractivity contribution < 1.29 is 20.4 Å². The number of benzene rings is 1. The first-order valence-corrected chi connectivity index (χ1v) is 7.04. The third kappa shape index (κ3) is 5.31. The van der Waals surface area contributed by atoms with E-state index in [-0.39, 0.29) is 26.4 Å². The van der Waals surface area contributed by atoms with Crippen molar-refractivity contribution in [3.63, 3.8) is 0 Å². The van der Waals surface area contributed by atoms with Gasteiger partial charge in [0.2, 0.25) is 0 Å². The molecule has 0 unspecified atom stereocenters. The second-order valence-corrected chi connectivity index (χ2v) is 5.81. The number of aliphatic hydroxyl groups is 4. The minimum atomic E-state index is -0.885. The Bertz CT molecular complexity index is 456. The summed E-state index contributed by atoms with van der Waals surface area (Å²) in [5, 5.41) is 36.7. The van der Waals surface area contributed by atoms with Crippen molar-refractivity contribution in [2.75, 3.05) is 26.4 Å². The zero-order valence-corrected chi connectivity index (χ0v) is 13.0. The predicted octanol–water partition coefficient (Wildman–Crippen LogP) is 0.0110. The molecule has 122 valence electrons. The third-order valence-corrected chi connectivity index (χ3v) is 3.35. The van der Waals surface area contributed by atoms with Gasteiger partial charge in [0.15, 0.2) is 0 Å². The summed E-state index contributed by atoms with van der Waals surface area (Å²) in [6.07, 6.45) is 3.19. The molecule has 0 aliphatic heterocycles. The summed E-state index contributed by atoms with van der Waals surface area (Å²) in [5.74, 6) is 0. The van der Waals surface area contributed by atoms with E-state index >= 15 is 0 Å². The number of hydrogen-bond acceptors (Lipinski definition) is 6. The molecule has 1 rings (SSSR count). The van der Waals surface area contributed by atoms with Crippen LogP contribution in [0.25, 0.3) is 0 Å². The van der Waals surface area contributed by atoms with E-state index in [2.05, 4.69) is 9.98 Å². The minimum Gasteiger partial charge on any atom is -0.394 e. The Balaban J connectivity index is 2.79. The molecular formula is C16H24N2O4. The van der Waals surface area contributed by atoms with E-state index in [1.54, 1.807) is 26.3 Å². The summed E-state index contributed by atoms with van der Waals surface area (Å²) >= 11 is 0. The monoisotopic (exact) mass is 308 g/mol. The number of aliphatic imine (C=N–C) groups is 2. The number of rotatable bonds is 8. The molecule has 6 nitrogen and oxygen atoms in total. The lowest BCUT2D eigenvalue weighted by Crippen LogP contribution is -2.31. The van der Waals surface area contributed by atoms with Crippen LogP contribution < -0.4 is 0 Å². The molecule has 0 amide bonds. The van der Waals surface area contributed by atoms with E-state index in [4.69, 9.17) is 20.4 Å². The highest BCUT2D eigenvalue weighted by Gasteiger charge is 2.20. The smallest absolute Gasteiger partial charge is 0.104 e. The van der Waals surface area contributed by atoms with Gasteiger partial charge in [-0.1, -0.05) is 24.3 Å². The maximum absolute atomic E-state index is 9.17. The van der Waals surface area contributed by atoms with E-state index in [9.17, 15) is 0 Å². The summed E-state index contributed by atoms with van der Waals surface area (Å²) in [6, 6.07) is 7.31. The first-order chi connectivity index (χ1) is 10.4. The van der Waals surface area contributed by atoms with Crippen LogP contribution >= 0.6 is 0 Å². The maximum atomic E-state index is 9.17. The quantitative estimate of drug-likeness (QED) is 0.508. The average molecular weight is 308 g/mol. The van der Waals surface area contributed by atoms with Gasteiger partial charge in [-0.05, 0) is 25.0 Å². The van der Waals surface area contributed by atoms with Gasteiger partial charge >= 0.3 is 0 Å². The van der Waals surface area contributed by atoms with Crippen LogP contribution in [0.3, 0.4) is 0 Å². The molecule has 1 aromatic carbocycles. The molecule has 0 heterocycles. The van der Waals surface area contributed by atoms with Crippen LogP contribution in [0.2, 0.25) is 0 Å². The molecule has 1 aromatic rings. The molecule has 22 heavy (non-hydrogen) atoms. The molecule has 0 fully saturated rings. The van der Waals surface area contributed by atoms with Crippen molar-refractivity contribution in [3.05, 3.63) is 35.4 Å². The Hall–Kier alpha value is -1.60. The zero-order chi connectivity index (χ0) is 16.6. The van der Waals surface area contributed by atoms with Crippen molar-refractivity contribution in [1.29, 1.82) is 0 Å². The molecule has 0 atom stereocenters. The molecule has 0 aromatic heterocycles. The topological polar surface area (TPSA) is 106 Å². The molecule has 0 saturated heterocycles. The highest BCUT2D eigenvalue weighted by atomic mass is 16.3. The molecule has 0 bridgehead atoms. The van der Waals surface area contributed by atoms with E-state index in [1.807, 2.05) is 24.3 Å². The van der Waals surface area contributed by atoms with E-state index in [0.717, 1.165) is 11.1 Å². The molecule has 0 spiro atoms. The number of aliphatic hydroxyl groups excluding tert-OH is 4. The SMILES string of the molecule is CC(CO)(CO)N=Cc1ccc(C=NC(C)(CO)CO)cc1. The van der Waals surface area contributed by atoms with Gasteiger partial charge < -0.3 is 20.4 Å². The first-order valence-electron chi connectivity index (χ1n) is 7.04. The highest BCUT2D eigenvalue weighted by molar-refractivity contribution is 5.84. The van der Waals surface area contributed by atoms with Crippen LogP contribution in [0.15, 0.2) is 34.3 Å². The second-order valence-electron chi connectivity index (χ2n) is 5.81. The van der Waals surface area contributed by atoms with Crippen molar-refractivity contribution in [2.24, 2.45) is 9.98 Å². The number of hydrogen-bond donors (Lipinski definition) is 4. The molecular weight excluding hydrogens is 284 g/mol. The summed E-state index contributed by atoms with van der Waals surface area (Å²) in [6.45, 7) is 2.40.